The highest BCUT2D eigenvalue weighted by Crippen LogP contribution is 2.26. The molecule has 2 N–H and O–H groups in total. The van der Waals surface area contributed by atoms with Gasteiger partial charge in [-0.15, -0.1) is 0 Å². The highest BCUT2D eigenvalue weighted by molar-refractivity contribution is 5.82. The largest absolute Gasteiger partial charge is 0.480 e. The zero-order chi connectivity index (χ0) is 10.7. The predicted octanol–water partition coefficient (Wildman–Crippen LogP) is 0.653. The van der Waals surface area contributed by atoms with Gasteiger partial charge < -0.3 is 15.3 Å². The van der Waals surface area contributed by atoms with E-state index in [4.69, 9.17) is 5.11 Å². The zero-order valence-electron chi connectivity index (χ0n) is 8.49. The molecule has 1 aliphatic rings. The summed E-state index contributed by atoms with van der Waals surface area (Å²) in [6.45, 7) is 3.98. The Morgan fingerprint density at radius 3 is 2.50 bits per heavy atom. The van der Waals surface area contributed by atoms with Crippen LogP contribution in [0.4, 0.5) is 4.79 Å². The van der Waals surface area contributed by atoms with Gasteiger partial charge in [0.15, 0.2) is 0 Å². The third kappa shape index (κ3) is 2.61. The molecule has 2 amide bonds. The predicted molar refractivity (Wildman–Crippen MR) is 51.0 cm³/mol. The molecular weight excluding hydrogens is 184 g/mol. The second-order valence-corrected chi connectivity index (χ2v) is 3.53. The van der Waals surface area contributed by atoms with Crippen molar-refractivity contribution < 1.29 is 14.7 Å². The number of hydrogen-bond donors (Lipinski definition) is 2. The molecule has 5 nitrogen and oxygen atoms in total. The first kappa shape index (κ1) is 10.8. The Balaban J connectivity index is 2.42. The van der Waals surface area contributed by atoms with E-state index in [1.807, 2.05) is 6.92 Å². The quantitative estimate of drug-likeness (QED) is 0.700. The van der Waals surface area contributed by atoms with Gasteiger partial charge in [0, 0.05) is 12.6 Å². The molecule has 1 aliphatic carbocycles. The molecule has 1 rings (SSSR count). The number of carbonyl (C=O) groups is 2. The van der Waals surface area contributed by atoms with Crippen molar-refractivity contribution in [2.45, 2.75) is 38.8 Å². The summed E-state index contributed by atoms with van der Waals surface area (Å²) in [5, 5.41) is 11.0. The minimum Gasteiger partial charge on any atom is -0.480 e. The van der Waals surface area contributed by atoms with Crippen LogP contribution in [-0.2, 0) is 4.79 Å². The molecule has 0 aromatic rings. The van der Waals surface area contributed by atoms with Gasteiger partial charge >= 0.3 is 12.0 Å². The van der Waals surface area contributed by atoms with E-state index in [1.165, 1.54) is 6.92 Å². The molecule has 0 aliphatic heterocycles. The molecule has 0 heterocycles. The number of amides is 2. The molecule has 0 bridgehead atoms. The maximum absolute atomic E-state index is 11.5. The van der Waals surface area contributed by atoms with Gasteiger partial charge in [0.1, 0.15) is 6.04 Å². The molecule has 5 heteroatoms. The van der Waals surface area contributed by atoms with Gasteiger partial charge in [-0.3, -0.25) is 4.79 Å². The average Bonchev–Trinajstić information content (AvgIpc) is 2.89. The molecular formula is C9H16N2O3. The van der Waals surface area contributed by atoms with Crippen LogP contribution in [0, 0.1) is 0 Å². The lowest BCUT2D eigenvalue weighted by Gasteiger charge is -2.22. The Bertz CT molecular complexity index is 238. The van der Waals surface area contributed by atoms with Crippen molar-refractivity contribution in [2.24, 2.45) is 0 Å². The van der Waals surface area contributed by atoms with Crippen molar-refractivity contribution >= 4 is 12.0 Å². The Kier molecular flexibility index (Phi) is 3.33. The first-order valence-corrected chi connectivity index (χ1v) is 4.86. The molecule has 0 spiro atoms. The van der Waals surface area contributed by atoms with E-state index in [0.29, 0.717) is 12.6 Å². The van der Waals surface area contributed by atoms with Gasteiger partial charge in [0.05, 0.1) is 0 Å². The van der Waals surface area contributed by atoms with Crippen LogP contribution in [0.3, 0.4) is 0 Å². The fourth-order valence-electron chi connectivity index (χ4n) is 1.28. The minimum atomic E-state index is -1.01. The Morgan fingerprint density at radius 1 is 1.57 bits per heavy atom. The molecule has 14 heavy (non-hydrogen) atoms. The summed E-state index contributed by atoms with van der Waals surface area (Å²) in [4.78, 5) is 23.7. The lowest BCUT2D eigenvalue weighted by Crippen LogP contribution is -2.47. The maximum atomic E-state index is 11.5. The van der Waals surface area contributed by atoms with E-state index in [9.17, 15) is 9.59 Å². The van der Waals surface area contributed by atoms with E-state index in [2.05, 4.69) is 5.32 Å². The second-order valence-electron chi connectivity index (χ2n) is 3.53. The second kappa shape index (κ2) is 4.30. The normalized spacial score (nSPS) is 17.3. The van der Waals surface area contributed by atoms with Crippen LogP contribution in [0.15, 0.2) is 0 Å². The third-order valence-electron chi connectivity index (χ3n) is 2.30. The van der Waals surface area contributed by atoms with Crippen LogP contribution in [0.5, 0.6) is 0 Å². The van der Waals surface area contributed by atoms with Crippen molar-refractivity contribution in [2.75, 3.05) is 6.54 Å². The van der Waals surface area contributed by atoms with Crippen LogP contribution >= 0.6 is 0 Å². The lowest BCUT2D eigenvalue weighted by molar-refractivity contribution is -0.138. The lowest BCUT2D eigenvalue weighted by atomic mass is 10.3. The minimum absolute atomic E-state index is 0.273. The first-order chi connectivity index (χ1) is 6.56. The Morgan fingerprint density at radius 2 is 2.14 bits per heavy atom. The molecule has 80 valence electrons. The molecule has 1 saturated carbocycles. The van der Waals surface area contributed by atoms with E-state index in [-0.39, 0.29) is 6.03 Å². The van der Waals surface area contributed by atoms with Crippen LogP contribution in [0.25, 0.3) is 0 Å². The topological polar surface area (TPSA) is 69.6 Å². The van der Waals surface area contributed by atoms with E-state index in [0.717, 1.165) is 12.8 Å². The molecule has 0 aromatic heterocycles. The number of carboxylic acid groups (broad SMARTS) is 1. The fraction of sp³-hybridized carbons (Fsp3) is 0.778. The van der Waals surface area contributed by atoms with Gasteiger partial charge in [-0.2, -0.15) is 0 Å². The summed E-state index contributed by atoms with van der Waals surface area (Å²) < 4.78 is 0. The van der Waals surface area contributed by atoms with Crippen LogP contribution in [-0.4, -0.2) is 40.6 Å². The molecule has 1 unspecified atom stereocenters. The summed E-state index contributed by atoms with van der Waals surface area (Å²) in [6.07, 6.45) is 2.06. The number of nitrogens with zero attached hydrogens (tertiary/aromatic N) is 1. The summed E-state index contributed by atoms with van der Waals surface area (Å²) in [5.41, 5.74) is 0. The summed E-state index contributed by atoms with van der Waals surface area (Å²) in [5.74, 6) is -1.01. The molecule has 0 aromatic carbocycles. The monoisotopic (exact) mass is 200 g/mol. The van der Waals surface area contributed by atoms with Crippen molar-refractivity contribution in [3.8, 4) is 0 Å². The summed E-state index contributed by atoms with van der Waals surface area (Å²) in [7, 11) is 0. The SMILES string of the molecule is CCN(C(=O)NC(C)C(=O)O)C1CC1. The smallest absolute Gasteiger partial charge is 0.325 e. The number of rotatable bonds is 4. The van der Waals surface area contributed by atoms with Crippen molar-refractivity contribution in [1.82, 2.24) is 10.2 Å². The highest BCUT2D eigenvalue weighted by Gasteiger charge is 2.32. The van der Waals surface area contributed by atoms with Gasteiger partial charge in [-0.25, -0.2) is 4.79 Å². The number of hydrogen-bond acceptors (Lipinski definition) is 2. The number of carbonyl (C=O) groups excluding carboxylic acids is 1. The van der Waals surface area contributed by atoms with Crippen molar-refractivity contribution in [1.29, 1.82) is 0 Å². The molecule has 1 atom stereocenters. The number of urea groups is 1. The van der Waals surface area contributed by atoms with Gasteiger partial charge in [0.25, 0.3) is 0 Å². The zero-order valence-corrected chi connectivity index (χ0v) is 8.49. The highest BCUT2D eigenvalue weighted by atomic mass is 16.4. The first-order valence-electron chi connectivity index (χ1n) is 4.86. The van der Waals surface area contributed by atoms with E-state index < -0.39 is 12.0 Å². The maximum Gasteiger partial charge on any atom is 0.325 e. The summed E-state index contributed by atoms with van der Waals surface area (Å²) in [6, 6.07) is -0.777. The number of carboxylic acids is 1. The van der Waals surface area contributed by atoms with Crippen LogP contribution in [0.2, 0.25) is 0 Å². The van der Waals surface area contributed by atoms with Crippen LogP contribution < -0.4 is 5.32 Å². The molecule has 0 saturated heterocycles. The average molecular weight is 200 g/mol. The Hall–Kier alpha value is -1.26. The van der Waals surface area contributed by atoms with Gasteiger partial charge in [-0.05, 0) is 26.7 Å². The summed E-state index contributed by atoms with van der Waals surface area (Å²) >= 11 is 0. The molecule has 0 radical (unpaired) electrons. The number of nitrogens with one attached hydrogen (secondary N) is 1. The van der Waals surface area contributed by atoms with Crippen molar-refractivity contribution in [3.05, 3.63) is 0 Å². The fourth-order valence-corrected chi connectivity index (χ4v) is 1.28. The Labute approximate surface area is 83.1 Å². The number of aliphatic carboxylic acids is 1. The standard InChI is InChI=1S/C9H16N2O3/c1-3-11(7-4-5-7)9(14)10-6(2)8(12)13/h6-7H,3-5H2,1-2H3,(H,10,14)(H,12,13). The van der Waals surface area contributed by atoms with E-state index in [1.54, 1.807) is 4.90 Å². The molecule has 1 fully saturated rings. The van der Waals surface area contributed by atoms with Gasteiger partial charge in [0.2, 0.25) is 0 Å². The third-order valence-corrected chi connectivity index (χ3v) is 2.30. The van der Waals surface area contributed by atoms with Crippen molar-refractivity contribution in [3.63, 3.8) is 0 Å². The van der Waals surface area contributed by atoms with Crippen LogP contribution in [0.1, 0.15) is 26.7 Å². The van der Waals surface area contributed by atoms with E-state index >= 15 is 0 Å². The van der Waals surface area contributed by atoms with Gasteiger partial charge in [-0.1, -0.05) is 0 Å².